The van der Waals surface area contributed by atoms with E-state index in [1.807, 2.05) is 13.8 Å². The minimum Gasteiger partial charge on any atom is -0.469 e. The normalized spacial score (nSPS) is 14.9. The van der Waals surface area contributed by atoms with Crippen molar-refractivity contribution in [2.45, 2.75) is 53.2 Å². The first-order valence-corrected chi connectivity index (χ1v) is 6.15. The number of ether oxygens (including phenoxy) is 2. The van der Waals surface area contributed by atoms with Gasteiger partial charge in [0.25, 0.3) is 0 Å². The Kier molecular flexibility index (Phi) is 6.15. The SMILES string of the molecule is COC(=O)[C@H](C)[C@@H](NC(=O)OC(C)(C)C)C(C)C. The standard InChI is InChI=1S/C13H25NO4/c1-8(2)10(9(3)11(15)17-7)14-12(16)18-13(4,5)6/h8-10H,1-7H3,(H,14,16)/t9-,10+/m1/s1. The van der Waals surface area contributed by atoms with Crippen LogP contribution in [0.3, 0.4) is 0 Å². The topological polar surface area (TPSA) is 64.6 Å². The minimum absolute atomic E-state index is 0.103. The highest BCUT2D eigenvalue weighted by molar-refractivity contribution is 5.74. The number of carbonyl (C=O) groups is 2. The Hall–Kier alpha value is -1.26. The number of methoxy groups -OCH3 is 1. The first kappa shape index (κ1) is 16.7. The zero-order valence-electron chi connectivity index (χ0n) is 12.4. The predicted octanol–water partition coefficient (Wildman–Crippen LogP) is 2.34. The second kappa shape index (κ2) is 6.61. The van der Waals surface area contributed by atoms with Gasteiger partial charge in [0.05, 0.1) is 13.0 Å². The summed E-state index contributed by atoms with van der Waals surface area (Å²) in [5, 5.41) is 2.73. The van der Waals surface area contributed by atoms with Crippen LogP contribution in [-0.4, -0.2) is 30.8 Å². The van der Waals surface area contributed by atoms with E-state index in [4.69, 9.17) is 9.47 Å². The average molecular weight is 259 g/mol. The van der Waals surface area contributed by atoms with Crippen molar-refractivity contribution in [1.82, 2.24) is 5.32 Å². The van der Waals surface area contributed by atoms with Gasteiger partial charge in [-0.25, -0.2) is 4.79 Å². The number of hydrogen-bond donors (Lipinski definition) is 1. The molecule has 0 saturated heterocycles. The van der Waals surface area contributed by atoms with E-state index in [0.717, 1.165) is 0 Å². The van der Waals surface area contributed by atoms with E-state index in [0.29, 0.717) is 0 Å². The number of hydrogen-bond acceptors (Lipinski definition) is 4. The van der Waals surface area contributed by atoms with Crippen molar-refractivity contribution in [2.24, 2.45) is 11.8 Å². The molecule has 106 valence electrons. The van der Waals surface area contributed by atoms with Gasteiger partial charge < -0.3 is 14.8 Å². The molecule has 1 N–H and O–H groups in total. The third kappa shape index (κ3) is 5.89. The van der Waals surface area contributed by atoms with E-state index in [-0.39, 0.29) is 17.9 Å². The maximum Gasteiger partial charge on any atom is 0.407 e. The van der Waals surface area contributed by atoms with Crippen molar-refractivity contribution in [3.63, 3.8) is 0 Å². The van der Waals surface area contributed by atoms with Crippen LogP contribution in [0.25, 0.3) is 0 Å². The molecule has 0 aliphatic rings. The Morgan fingerprint density at radius 3 is 1.94 bits per heavy atom. The van der Waals surface area contributed by atoms with Crippen molar-refractivity contribution in [2.75, 3.05) is 7.11 Å². The molecule has 0 aromatic carbocycles. The molecule has 0 radical (unpaired) electrons. The van der Waals surface area contributed by atoms with E-state index in [1.165, 1.54) is 7.11 Å². The van der Waals surface area contributed by atoms with Crippen molar-refractivity contribution in [3.8, 4) is 0 Å². The molecule has 0 aromatic rings. The molecule has 0 bridgehead atoms. The maximum atomic E-state index is 11.7. The lowest BCUT2D eigenvalue weighted by Gasteiger charge is -2.28. The fraction of sp³-hybridized carbons (Fsp3) is 0.846. The van der Waals surface area contributed by atoms with Crippen LogP contribution in [0.5, 0.6) is 0 Å². The molecule has 0 aromatic heterocycles. The van der Waals surface area contributed by atoms with E-state index >= 15 is 0 Å². The van der Waals surface area contributed by atoms with Crippen molar-refractivity contribution in [3.05, 3.63) is 0 Å². The fourth-order valence-corrected chi connectivity index (χ4v) is 1.65. The summed E-state index contributed by atoms with van der Waals surface area (Å²) in [5.74, 6) is -0.654. The van der Waals surface area contributed by atoms with Gasteiger partial charge in [-0.05, 0) is 33.6 Å². The number of carbonyl (C=O) groups excluding carboxylic acids is 2. The fourth-order valence-electron chi connectivity index (χ4n) is 1.65. The van der Waals surface area contributed by atoms with Crippen molar-refractivity contribution < 1.29 is 19.1 Å². The molecule has 0 aliphatic heterocycles. The van der Waals surface area contributed by atoms with Gasteiger partial charge in [0.1, 0.15) is 5.60 Å². The minimum atomic E-state index is -0.555. The number of rotatable bonds is 4. The van der Waals surface area contributed by atoms with Gasteiger partial charge in [0.2, 0.25) is 0 Å². The molecule has 0 spiro atoms. The van der Waals surface area contributed by atoms with Gasteiger partial charge in [0.15, 0.2) is 0 Å². The van der Waals surface area contributed by atoms with Crippen molar-refractivity contribution >= 4 is 12.1 Å². The molecular weight excluding hydrogens is 234 g/mol. The molecule has 5 nitrogen and oxygen atoms in total. The number of amides is 1. The van der Waals surface area contributed by atoms with E-state index < -0.39 is 17.6 Å². The Morgan fingerprint density at radius 1 is 1.11 bits per heavy atom. The van der Waals surface area contributed by atoms with Gasteiger partial charge in [-0.3, -0.25) is 4.79 Å². The molecular formula is C13H25NO4. The maximum absolute atomic E-state index is 11.7. The highest BCUT2D eigenvalue weighted by Crippen LogP contribution is 2.15. The summed E-state index contributed by atoms with van der Waals surface area (Å²) >= 11 is 0. The summed E-state index contributed by atoms with van der Waals surface area (Å²) in [6.45, 7) is 11.0. The molecule has 0 unspecified atom stereocenters. The van der Waals surface area contributed by atoms with Crippen LogP contribution in [-0.2, 0) is 14.3 Å². The van der Waals surface area contributed by atoms with Crippen LogP contribution in [0.4, 0.5) is 4.79 Å². The Balaban J connectivity index is 4.64. The lowest BCUT2D eigenvalue weighted by atomic mass is 9.92. The first-order chi connectivity index (χ1) is 8.08. The quantitative estimate of drug-likeness (QED) is 0.787. The highest BCUT2D eigenvalue weighted by Gasteiger charge is 2.30. The summed E-state index contributed by atoms with van der Waals surface area (Å²) in [5.41, 5.74) is -0.555. The lowest BCUT2D eigenvalue weighted by molar-refractivity contribution is -0.146. The van der Waals surface area contributed by atoms with Gasteiger partial charge in [0, 0.05) is 6.04 Å². The molecule has 0 rings (SSSR count). The number of alkyl carbamates (subject to hydrolysis) is 1. The molecule has 18 heavy (non-hydrogen) atoms. The average Bonchev–Trinajstić information content (AvgIpc) is 2.20. The smallest absolute Gasteiger partial charge is 0.407 e. The summed E-state index contributed by atoms with van der Waals surface area (Å²) in [6.07, 6.45) is -0.517. The zero-order valence-corrected chi connectivity index (χ0v) is 12.4. The summed E-state index contributed by atoms with van der Waals surface area (Å²) < 4.78 is 9.87. The van der Waals surface area contributed by atoms with Crippen LogP contribution < -0.4 is 5.32 Å². The first-order valence-electron chi connectivity index (χ1n) is 6.15. The van der Waals surface area contributed by atoms with Crippen LogP contribution in [0.2, 0.25) is 0 Å². The zero-order chi connectivity index (χ0) is 14.5. The van der Waals surface area contributed by atoms with Crippen LogP contribution in [0.1, 0.15) is 41.5 Å². The van der Waals surface area contributed by atoms with E-state index in [9.17, 15) is 9.59 Å². The second-order valence-electron chi connectivity index (χ2n) is 5.73. The Labute approximate surface area is 109 Å². The van der Waals surface area contributed by atoms with Gasteiger partial charge in [-0.1, -0.05) is 13.8 Å². The monoisotopic (exact) mass is 259 g/mol. The summed E-state index contributed by atoms with van der Waals surface area (Å²) in [7, 11) is 1.34. The third-order valence-corrected chi connectivity index (χ3v) is 2.51. The molecule has 0 aliphatic carbocycles. The Bertz CT molecular complexity index is 294. The summed E-state index contributed by atoms with van der Waals surface area (Å²) in [4.78, 5) is 23.2. The predicted molar refractivity (Wildman–Crippen MR) is 69.2 cm³/mol. The largest absolute Gasteiger partial charge is 0.469 e. The molecule has 2 atom stereocenters. The van der Waals surface area contributed by atoms with E-state index in [1.54, 1.807) is 27.7 Å². The molecule has 1 amide bonds. The van der Waals surface area contributed by atoms with Crippen LogP contribution in [0.15, 0.2) is 0 Å². The molecule has 0 fully saturated rings. The number of nitrogens with one attached hydrogen (secondary N) is 1. The van der Waals surface area contributed by atoms with Crippen LogP contribution in [0, 0.1) is 11.8 Å². The van der Waals surface area contributed by atoms with Gasteiger partial charge in [-0.2, -0.15) is 0 Å². The van der Waals surface area contributed by atoms with Gasteiger partial charge >= 0.3 is 12.1 Å². The third-order valence-electron chi connectivity index (χ3n) is 2.51. The van der Waals surface area contributed by atoms with Crippen molar-refractivity contribution in [1.29, 1.82) is 0 Å². The molecule has 0 saturated carbocycles. The molecule has 0 heterocycles. The highest BCUT2D eigenvalue weighted by atomic mass is 16.6. The molecule has 5 heteroatoms. The number of esters is 1. The Morgan fingerprint density at radius 2 is 1.61 bits per heavy atom. The second-order valence-corrected chi connectivity index (χ2v) is 5.73. The van der Waals surface area contributed by atoms with E-state index in [2.05, 4.69) is 5.32 Å². The summed E-state index contributed by atoms with van der Waals surface area (Å²) in [6, 6.07) is -0.313. The van der Waals surface area contributed by atoms with Gasteiger partial charge in [-0.15, -0.1) is 0 Å². The van der Waals surface area contributed by atoms with Crippen LogP contribution >= 0.6 is 0 Å². The lowest BCUT2D eigenvalue weighted by Crippen LogP contribution is -2.47.